The van der Waals surface area contributed by atoms with E-state index >= 15 is 0 Å². The van der Waals surface area contributed by atoms with Crippen LogP contribution in [-0.2, 0) is 16.1 Å². The molecule has 1 heterocycles. The fourth-order valence-electron chi connectivity index (χ4n) is 2.65. The largest absolute Gasteiger partial charge is 0.375 e. The Kier molecular flexibility index (Phi) is 4.86. The zero-order chi connectivity index (χ0) is 16.9. The molecule has 0 aliphatic rings. The molecular formula is C18H18FN3O2. The number of carbonyl (C=O) groups excluding carboxylic acids is 1. The lowest BCUT2D eigenvalue weighted by atomic mass is 10.1. The molecule has 5 nitrogen and oxygen atoms in total. The number of halogens is 1. The van der Waals surface area contributed by atoms with Crippen molar-refractivity contribution in [1.29, 1.82) is 0 Å². The van der Waals surface area contributed by atoms with E-state index in [0.717, 1.165) is 16.6 Å². The van der Waals surface area contributed by atoms with Crippen LogP contribution in [0, 0.1) is 5.82 Å². The highest BCUT2D eigenvalue weighted by atomic mass is 19.1. The molecule has 24 heavy (non-hydrogen) atoms. The molecule has 0 radical (unpaired) electrons. The van der Waals surface area contributed by atoms with E-state index in [2.05, 4.69) is 10.3 Å². The molecule has 0 aliphatic heterocycles. The van der Waals surface area contributed by atoms with E-state index in [0.29, 0.717) is 6.54 Å². The third kappa shape index (κ3) is 3.60. The number of hydrogen-bond donors (Lipinski definition) is 1. The Hall–Kier alpha value is -2.73. The van der Waals surface area contributed by atoms with Gasteiger partial charge in [0.05, 0.1) is 23.4 Å². The van der Waals surface area contributed by atoms with E-state index in [-0.39, 0.29) is 24.4 Å². The van der Waals surface area contributed by atoms with Gasteiger partial charge in [-0.3, -0.25) is 4.79 Å². The summed E-state index contributed by atoms with van der Waals surface area (Å²) in [7, 11) is 1.47. The van der Waals surface area contributed by atoms with Gasteiger partial charge >= 0.3 is 0 Å². The highest BCUT2D eigenvalue weighted by molar-refractivity contribution is 5.78. The number of methoxy groups -OCH3 is 1. The Bertz CT molecular complexity index is 830. The molecule has 0 bridgehead atoms. The van der Waals surface area contributed by atoms with Gasteiger partial charge in [-0.2, -0.15) is 0 Å². The van der Waals surface area contributed by atoms with Crippen molar-refractivity contribution in [3.05, 3.63) is 66.2 Å². The number of rotatable bonds is 6. The fraction of sp³-hybridized carbons (Fsp3) is 0.222. The number of hydrogen-bond acceptors (Lipinski definition) is 3. The molecule has 0 saturated heterocycles. The minimum Gasteiger partial charge on any atom is -0.375 e. The molecule has 0 saturated carbocycles. The van der Waals surface area contributed by atoms with E-state index in [9.17, 15) is 9.18 Å². The topological polar surface area (TPSA) is 56.1 Å². The van der Waals surface area contributed by atoms with Crippen molar-refractivity contribution in [1.82, 2.24) is 14.9 Å². The molecular weight excluding hydrogens is 309 g/mol. The van der Waals surface area contributed by atoms with Crippen LogP contribution >= 0.6 is 0 Å². The lowest BCUT2D eigenvalue weighted by molar-refractivity contribution is -0.125. The number of benzene rings is 2. The molecule has 1 atom stereocenters. The van der Waals surface area contributed by atoms with Gasteiger partial charge in [-0.15, -0.1) is 0 Å². The predicted octanol–water partition coefficient (Wildman–Crippen LogP) is 2.68. The Labute approximate surface area is 139 Å². The van der Waals surface area contributed by atoms with Crippen LogP contribution in [0.4, 0.5) is 4.39 Å². The number of imidazole rings is 1. The number of amides is 1. The van der Waals surface area contributed by atoms with E-state index in [1.807, 2.05) is 28.8 Å². The minimum absolute atomic E-state index is 0.0254. The van der Waals surface area contributed by atoms with Gasteiger partial charge < -0.3 is 14.6 Å². The summed E-state index contributed by atoms with van der Waals surface area (Å²) >= 11 is 0. The van der Waals surface area contributed by atoms with Crippen LogP contribution in [0.5, 0.6) is 0 Å². The van der Waals surface area contributed by atoms with E-state index in [4.69, 9.17) is 4.74 Å². The summed E-state index contributed by atoms with van der Waals surface area (Å²) in [4.78, 5) is 16.3. The zero-order valence-electron chi connectivity index (χ0n) is 13.3. The summed E-state index contributed by atoms with van der Waals surface area (Å²) in [5.41, 5.74) is 2.68. The van der Waals surface area contributed by atoms with E-state index < -0.39 is 0 Å². The Morgan fingerprint density at radius 1 is 1.25 bits per heavy atom. The molecule has 0 spiro atoms. The average Bonchev–Trinajstić information content (AvgIpc) is 2.98. The molecule has 2 aromatic carbocycles. The van der Waals surface area contributed by atoms with Gasteiger partial charge in [0.15, 0.2) is 0 Å². The molecule has 0 fully saturated rings. The van der Waals surface area contributed by atoms with Crippen molar-refractivity contribution < 1.29 is 13.9 Å². The highest BCUT2D eigenvalue weighted by Crippen LogP contribution is 2.19. The SMILES string of the molecule is COCC(=O)NC(Cn1cnc2ccccc21)c1ccc(F)cc1. The number of ether oxygens (including phenoxy) is 1. The van der Waals surface area contributed by atoms with Crippen molar-refractivity contribution in [3.63, 3.8) is 0 Å². The van der Waals surface area contributed by atoms with Crippen LogP contribution in [0.25, 0.3) is 11.0 Å². The third-order valence-electron chi connectivity index (χ3n) is 3.79. The lowest BCUT2D eigenvalue weighted by Crippen LogP contribution is -2.33. The smallest absolute Gasteiger partial charge is 0.246 e. The Balaban J connectivity index is 1.89. The first kappa shape index (κ1) is 16.1. The van der Waals surface area contributed by atoms with Crippen LogP contribution < -0.4 is 5.32 Å². The summed E-state index contributed by atoms with van der Waals surface area (Å²) in [6.07, 6.45) is 1.74. The monoisotopic (exact) mass is 327 g/mol. The fourth-order valence-corrected chi connectivity index (χ4v) is 2.65. The van der Waals surface area contributed by atoms with E-state index in [1.54, 1.807) is 18.5 Å². The molecule has 1 aromatic heterocycles. The van der Waals surface area contributed by atoms with Crippen LogP contribution in [0.1, 0.15) is 11.6 Å². The first-order chi connectivity index (χ1) is 11.7. The summed E-state index contributed by atoms with van der Waals surface area (Å²) in [6, 6.07) is 13.6. The molecule has 1 unspecified atom stereocenters. The summed E-state index contributed by atoms with van der Waals surface area (Å²) in [6.45, 7) is 0.462. The van der Waals surface area contributed by atoms with Gasteiger partial charge in [0, 0.05) is 13.7 Å². The van der Waals surface area contributed by atoms with Crippen LogP contribution in [0.3, 0.4) is 0 Å². The standard InChI is InChI=1S/C18H18FN3O2/c1-24-11-18(23)21-16(13-6-8-14(19)9-7-13)10-22-12-20-15-4-2-3-5-17(15)22/h2-9,12,16H,10-11H2,1H3,(H,21,23). The molecule has 1 amide bonds. The van der Waals surface area contributed by atoms with Crippen molar-refractivity contribution in [2.24, 2.45) is 0 Å². The third-order valence-corrected chi connectivity index (χ3v) is 3.79. The van der Waals surface area contributed by atoms with Crippen LogP contribution in [-0.4, -0.2) is 29.2 Å². The van der Waals surface area contributed by atoms with Gasteiger partial charge in [0.2, 0.25) is 5.91 Å². The van der Waals surface area contributed by atoms with Crippen molar-refractivity contribution in [3.8, 4) is 0 Å². The molecule has 1 N–H and O–H groups in total. The number of carbonyl (C=O) groups is 1. The number of para-hydroxylation sites is 2. The second-order valence-electron chi connectivity index (χ2n) is 5.49. The summed E-state index contributed by atoms with van der Waals surface area (Å²) < 4.78 is 20.0. The van der Waals surface area contributed by atoms with Crippen LogP contribution in [0.15, 0.2) is 54.9 Å². The summed E-state index contributed by atoms with van der Waals surface area (Å²) in [5.74, 6) is -0.537. The average molecular weight is 327 g/mol. The maximum absolute atomic E-state index is 13.2. The van der Waals surface area contributed by atoms with Crippen molar-refractivity contribution >= 4 is 16.9 Å². The minimum atomic E-state index is -0.314. The lowest BCUT2D eigenvalue weighted by Gasteiger charge is -2.20. The van der Waals surface area contributed by atoms with Gasteiger partial charge in [0.1, 0.15) is 12.4 Å². The highest BCUT2D eigenvalue weighted by Gasteiger charge is 2.16. The van der Waals surface area contributed by atoms with Crippen molar-refractivity contribution in [2.75, 3.05) is 13.7 Å². The number of nitrogens with zero attached hydrogens (tertiary/aromatic N) is 2. The maximum Gasteiger partial charge on any atom is 0.246 e. The molecule has 3 aromatic rings. The normalized spacial score (nSPS) is 12.2. The number of nitrogens with one attached hydrogen (secondary N) is 1. The molecule has 3 rings (SSSR count). The van der Waals surface area contributed by atoms with Crippen LogP contribution in [0.2, 0.25) is 0 Å². The summed E-state index contributed by atoms with van der Waals surface area (Å²) in [5, 5.41) is 2.92. The number of fused-ring (bicyclic) bond motifs is 1. The molecule has 0 aliphatic carbocycles. The van der Waals surface area contributed by atoms with Gasteiger partial charge in [-0.1, -0.05) is 24.3 Å². The first-order valence-electron chi connectivity index (χ1n) is 7.61. The predicted molar refractivity (Wildman–Crippen MR) is 88.9 cm³/mol. The first-order valence-corrected chi connectivity index (χ1v) is 7.61. The number of aromatic nitrogens is 2. The second-order valence-corrected chi connectivity index (χ2v) is 5.49. The Morgan fingerprint density at radius 2 is 2.00 bits per heavy atom. The second kappa shape index (κ2) is 7.23. The molecule has 6 heteroatoms. The van der Waals surface area contributed by atoms with Gasteiger partial charge in [0.25, 0.3) is 0 Å². The van der Waals surface area contributed by atoms with Gasteiger partial charge in [-0.25, -0.2) is 9.37 Å². The van der Waals surface area contributed by atoms with Crippen molar-refractivity contribution in [2.45, 2.75) is 12.6 Å². The maximum atomic E-state index is 13.2. The Morgan fingerprint density at radius 3 is 2.75 bits per heavy atom. The van der Waals surface area contributed by atoms with Gasteiger partial charge in [-0.05, 0) is 29.8 Å². The quantitative estimate of drug-likeness (QED) is 0.757. The molecule has 124 valence electrons. The zero-order valence-corrected chi connectivity index (χ0v) is 13.3. The van der Waals surface area contributed by atoms with E-state index in [1.165, 1.54) is 19.2 Å².